The van der Waals surface area contributed by atoms with E-state index in [-0.39, 0.29) is 12.5 Å². The second-order valence-corrected chi connectivity index (χ2v) is 10.9. The minimum absolute atomic E-state index is 0.114. The fourth-order valence-corrected chi connectivity index (χ4v) is 6.86. The summed E-state index contributed by atoms with van der Waals surface area (Å²) in [6, 6.07) is 8.61. The number of thiophene rings is 1. The predicted molar refractivity (Wildman–Crippen MR) is 141 cm³/mol. The monoisotopic (exact) mass is 536 g/mol. The van der Waals surface area contributed by atoms with Crippen LogP contribution in [0.2, 0.25) is 5.02 Å². The van der Waals surface area contributed by atoms with E-state index in [1.165, 1.54) is 0 Å². The first-order valence-corrected chi connectivity index (χ1v) is 13.0. The molecule has 1 fully saturated rings. The number of rotatable bonds is 6. The molecule has 1 saturated heterocycles. The molecule has 3 aromatic heterocycles. The van der Waals surface area contributed by atoms with Crippen molar-refractivity contribution in [3.63, 3.8) is 0 Å². The summed E-state index contributed by atoms with van der Waals surface area (Å²) in [6.45, 7) is 4.45. The molecule has 6 rings (SSSR count). The van der Waals surface area contributed by atoms with Gasteiger partial charge in [0, 0.05) is 29.2 Å². The maximum Gasteiger partial charge on any atom is 0.256 e. The summed E-state index contributed by atoms with van der Waals surface area (Å²) in [6.07, 6.45) is 3.48. The number of hydrogen-bond acceptors (Lipinski definition) is 8. The van der Waals surface area contributed by atoms with Gasteiger partial charge in [-0.25, -0.2) is 9.97 Å². The molecule has 1 aromatic carbocycles. The lowest BCUT2D eigenvalue weighted by atomic mass is 9.92. The van der Waals surface area contributed by atoms with Crippen LogP contribution in [-0.2, 0) is 17.3 Å². The van der Waals surface area contributed by atoms with Crippen LogP contribution in [0.3, 0.4) is 0 Å². The lowest BCUT2D eigenvalue weighted by molar-refractivity contribution is -0.139. The maximum absolute atomic E-state index is 14.0. The normalized spacial score (nSPS) is 16.7. The van der Waals surface area contributed by atoms with Crippen molar-refractivity contribution >= 4 is 40.6 Å². The Morgan fingerprint density at radius 2 is 2.11 bits per heavy atom. The van der Waals surface area contributed by atoms with Crippen LogP contribution in [0.15, 0.2) is 42.7 Å². The number of amides is 1. The van der Waals surface area contributed by atoms with Crippen LogP contribution >= 0.6 is 22.9 Å². The molecule has 0 radical (unpaired) electrons. The van der Waals surface area contributed by atoms with Crippen molar-refractivity contribution in [2.75, 3.05) is 25.1 Å². The SMILES string of the molecule is Cc1cnc(Nc2ccnn2C)nc1-c1sc2c(c1C)C(=O)N([C@H](CO)c1cccc(Cl)c1)C21COC1. The maximum atomic E-state index is 14.0. The van der Waals surface area contributed by atoms with Crippen molar-refractivity contribution < 1.29 is 14.6 Å². The third-order valence-electron chi connectivity index (χ3n) is 7.11. The molecule has 5 heterocycles. The van der Waals surface area contributed by atoms with E-state index < -0.39 is 11.6 Å². The first-order chi connectivity index (χ1) is 17.8. The molecule has 2 N–H and O–H groups in total. The number of aryl methyl sites for hydroxylation is 2. The average Bonchev–Trinajstić information content (AvgIpc) is 3.49. The molecule has 190 valence electrons. The zero-order valence-electron chi connectivity index (χ0n) is 20.5. The van der Waals surface area contributed by atoms with E-state index in [2.05, 4.69) is 15.4 Å². The quantitative estimate of drug-likeness (QED) is 0.377. The van der Waals surface area contributed by atoms with Crippen molar-refractivity contribution in [3.05, 3.63) is 74.9 Å². The number of aliphatic hydroxyl groups is 1. The number of carbonyl (C=O) groups is 1. The number of nitrogens with one attached hydrogen (secondary N) is 1. The Kier molecular flexibility index (Phi) is 5.79. The molecule has 0 saturated carbocycles. The molecule has 9 nitrogen and oxygen atoms in total. The molecule has 2 aliphatic heterocycles. The van der Waals surface area contributed by atoms with Crippen LogP contribution in [0, 0.1) is 13.8 Å². The molecule has 4 aromatic rings. The van der Waals surface area contributed by atoms with E-state index in [4.69, 9.17) is 21.3 Å². The zero-order valence-corrected chi connectivity index (χ0v) is 22.1. The minimum atomic E-state index is -0.632. The number of nitrogens with zero attached hydrogens (tertiary/aromatic N) is 5. The molecular formula is C26H25ClN6O3S. The Balaban J connectivity index is 1.42. The Morgan fingerprint density at radius 1 is 1.30 bits per heavy atom. The number of benzene rings is 1. The van der Waals surface area contributed by atoms with E-state index >= 15 is 0 Å². The van der Waals surface area contributed by atoms with Crippen LogP contribution in [0.5, 0.6) is 0 Å². The first kappa shape index (κ1) is 24.1. The second-order valence-electron chi connectivity index (χ2n) is 9.40. The van der Waals surface area contributed by atoms with Gasteiger partial charge in [0.15, 0.2) is 0 Å². The van der Waals surface area contributed by atoms with Gasteiger partial charge in [-0.1, -0.05) is 23.7 Å². The van der Waals surface area contributed by atoms with Gasteiger partial charge in [-0.3, -0.25) is 9.48 Å². The number of ether oxygens (including phenoxy) is 1. The number of aromatic nitrogens is 4. The second kappa shape index (κ2) is 8.91. The van der Waals surface area contributed by atoms with E-state index in [1.807, 2.05) is 39.1 Å². The van der Waals surface area contributed by atoms with Crippen molar-refractivity contribution in [2.24, 2.45) is 7.05 Å². The Labute approximate surface area is 222 Å². The molecule has 11 heteroatoms. The molecule has 2 aliphatic rings. The van der Waals surface area contributed by atoms with Gasteiger partial charge in [0.1, 0.15) is 11.4 Å². The minimum Gasteiger partial charge on any atom is -0.394 e. The van der Waals surface area contributed by atoms with E-state index in [1.54, 1.807) is 45.4 Å². The number of fused-ring (bicyclic) bond motifs is 2. The average molecular weight is 537 g/mol. The summed E-state index contributed by atoms with van der Waals surface area (Å²) in [5.74, 6) is 1.11. The van der Waals surface area contributed by atoms with Crippen LogP contribution in [0.1, 0.15) is 38.0 Å². The van der Waals surface area contributed by atoms with Gasteiger partial charge in [0.05, 0.1) is 48.2 Å². The van der Waals surface area contributed by atoms with E-state index in [0.717, 1.165) is 38.0 Å². The predicted octanol–water partition coefficient (Wildman–Crippen LogP) is 4.37. The Morgan fingerprint density at radius 3 is 2.76 bits per heavy atom. The topological polar surface area (TPSA) is 105 Å². The van der Waals surface area contributed by atoms with Gasteiger partial charge in [-0.2, -0.15) is 5.10 Å². The summed E-state index contributed by atoms with van der Waals surface area (Å²) in [4.78, 5) is 26.9. The highest BCUT2D eigenvalue weighted by Crippen LogP contribution is 2.54. The molecule has 0 aliphatic carbocycles. The summed E-state index contributed by atoms with van der Waals surface area (Å²) in [5, 5.41) is 18.3. The standard InChI is InChI=1S/C26H25ClN6O3S/c1-14-10-28-25(30-19-7-8-29-32(19)3)31-21(14)22-15(2)20-23(37-22)26(12-36-13-26)33(24(20)35)18(11-34)16-5-4-6-17(27)9-16/h4-10,18,34H,11-13H2,1-3H3,(H,28,30,31)/t18-/m1/s1. The summed E-state index contributed by atoms with van der Waals surface area (Å²) in [5.41, 5.74) is 3.39. The third kappa shape index (κ3) is 3.66. The summed E-state index contributed by atoms with van der Waals surface area (Å²) in [7, 11) is 1.84. The Bertz CT molecular complexity index is 1530. The first-order valence-electron chi connectivity index (χ1n) is 11.8. The molecule has 1 atom stereocenters. The van der Waals surface area contributed by atoms with Crippen LogP contribution < -0.4 is 5.32 Å². The highest BCUT2D eigenvalue weighted by Gasteiger charge is 2.59. The molecule has 37 heavy (non-hydrogen) atoms. The smallest absolute Gasteiger partial charge is 0.256 e. The van der Waals surface area contributed by atoms with Gasteiger partial charge in [0.25, 0.3) is 5.91 Å². The van der Waals surface area contributed by atoms with Crippen molar-refractivity contribution in [1.29, 1.82) is 0 Å². The number of aliphatic hydroxyl groups excluding tert-OH is 1. The third-order valence-corrected chi connectivity index (χ3v) is 8.84. The van der Waals surface area contributed by atoms with Gasteiger partial charge in [-0.15, -0.1) is 11.3 Å². The van der Waals surface area contributed by atoms with Crippen LogP contribution in [0.25, 0.3) is 10.6 Å². The highest BCUT2D eigenvalue weighted by molar-refractivity contribution is 7.16. The van der Waals surface area contributed by atoms with E-state index in [9.17, 15) is 9.90 Å². The zero-order chi connectivity index (χ0) is 25.9. The summed E-state index contributed by atoms with van der Waals surface area (Å²) >= 11 is 7.81. The van der Waals surface area contributed by atoms with Gasteiger partial charge < -0.3 is 20.1 Å². The lowest BCUT2D eigenvalue weighted by Crippen LogP contribution is -2.58. The summed E-state index contributed by atoms with van der Waals surface area (Å²) < 4.78 is 7.39. The van der Waals surface area contributed by atoms with Crippen molar-refractivity contribution in [2.45, 2.75) is 25.4 Å². The van der Waals surface area contributed by atoms with Gasteiger partial charge >= 0.3 is 0 Å². The van der Waals surface area contributed by atoms with Crippen molar-refractivity contribution in [1.82, 2.24) is 24.6 Å². The van der Waals surface area contributed by atoms with E-state index in [0.29, 0.717) is 29.7 Å². The van der Waals surface area contributed by atoms with Crippen LogP contribution in [0.4, 0.5) is 11.8 Å². The fourth-order valence-electron chi connectivity index (χ4n) is 5.15. The Hall–Kier alpha value is -3.31. The number of halogens is 1. The van der Waals surface area contributed by atoms with Gasteiger partial charge in [0.2, 0.25) is 5.95 Å². The lowest BCUT2D eigenvalue weighted by Gasteiger charge is -2.48. The number of hydrogen-bond donors (Lipinski definition) is 2. The molecular weight excluding hydrogens is 512 g/mol. The molecule has 1 amide bonds. The molecule has 0 unspecified atom stereocenters. The van der Waals surface area contributed by atoms with Crippen molar-refractivity contribution in [3.8, 4) is 10.6 Å². The molecule has 0 bridgehead atoms. The fraction of sp³-hybridized carbons (Fsp3) is 0.308. The number of anilines is 2. The molecule has 1 spiro atoms. The number of carbonyl (C=O) groups excluding carboxylic acids is 1. The highest BCUT2D eigenvalue weighted by atomic mass is 35.5. The van der Waals surface area contributed by atoms with Crippen LogP contribution in [-0.4, -0.2) is 55.5 Å². The largest absolute Gasteiger partial charge is 0.394 e. The van der Waals surface area contributed by atoms with Gasteiger partial charge in [-0.05, 0) is 42.7 Å².